The van der Waals surface area contributed by atoms with Crippen LogP contribution in [-0.4, -0.2) is 38.0 Å². The van der Waals surface area contributed by atoms with Gasteiger partial charge < -0.3 is 4.74 Å². The Kier molecular flexibility index (Phi) is 4.28. The number of sulfonamides is 1. The third-order valence-electron chi connectivity index (χ3n) is 3.51. The van der Waals surface area contributed by atoms with Crippen molar-refractivity contribution in [2.24, 2.45) is 0 Å². The molecule has 4 nitrogen and oxygen atoms in total. The van der Waals surface area contributed by atoms with Crippen LogP contribution in [-0.2, 0) is 20.5 Å². The van der Waals surface area contributed by atoms with Crippen LogP contribution in [0.25, 0.3) is 0 Å². The van der Waals surface area contributed by atoms with E-state index in [1.807, 2.05) is 45.0 Å². The predicted molar refractivity (Wildman–Crippen MR) is 75.4 cm³/mol. The van der Waals surface area contributed by atoms with Crippen LogP contribution in [0.2, 0.25) is 0 Å². The van der Waals surface area contributed by atoms with E-state index in [0.717, 1.165) is 11.1 Å². The summed E-state index contributed by atoms with van der Waals surface area (Å²) in [4.78, 5) is 0. The Bertz CT molecular complexity index is 531. The monoisotopic (exact) mass is 283 g/mol. The molecule has 0 aliphatic carbocycles. The highest BCUT2D eigenvalue weighted by molar-refractivity contribution is 7.88. The van der Waals surface area contributed by atoms with Crippen LogP contribution in [0.4, 0.5) is 0 Å². The van der Waals surface area contributed by atoms with E-state index in [1.165, 1.54) is 0 Å². The van der Waals surface area contributed by atoms with Crippen molar-refractivity contribution in [3.63, 3.8) is 0 Å². The van der Waals surface area contributed by atoms with E-state index in [0.29, 0.717) is 13.2 Å². The van der Waals surface area contributed by atoms with Crippen LogP contribution in [0, 0.1) is 6.92 Å². The average molecular weight is 283 g/mol. The Morgan fingerprint density at radius 3 is 2.37 bits per heavy atom. The molecule has 0 N–H and O–H groups in total. The van der Waals surface area contributed by atoms with Crippen LogP contribution in [0.15, 0.2) is 24.3 Å². The van der Waals surface area contributed by atoms with E-state index in [9.17, 15) is 8.42 Å². The SMILES string of the molecule is Cc1ccccc1CS(=O)(=O)N1C(C)COCC1C. The summed E-state index contributed by atoms with van der Waals surface area (Å²) >= 11 is 0. The predicted octanol–water partition coefficient (Wildman–Crippen LogP) is 1.93. The Labute approximate surface area is 115 Å². The minimum absolute atomic E-state index is 0.0638. The van der Waals surface area contributed by atoms with Crippen molar-refractivity contribution in [1.82, 2.24) is 4.31 Å². The summed E-state index contributed by atoms with van der Waals surface area (Å²) in [6.45, 7) is 6.67. The van der Waals surface area contributed by atoms with E-state index in [2.05, 4.69) is 0 Å². The van der Waals surface area contributed by atoms with E-state index in [1.54, 1.807) is 4.31 Å². The molecule has 0 bridgehead atoms. The Hall–Kier alpha value is -0.910. The van der Waals surface area contributed by atoms with Gasteiger partial charge in [0.1, 0.15) is 0 Å². The lowest BCUT2D eigenvalue weighted by molar-refractivity contribution is 0.00629. The van der Waals surface area contributed by atoms with Crippen molar-refractivity contribution in [2.75, 3.05) is 13.2 Å². The highest BCUT2D eigenvalue weighted by Gasteiger charge is 2.35. The van der Waals surface area contributed by atoms with Crippen LogP contribution in [0.3, 0.4) is 0 Å². The Balaban J connectivity index is 2.25. The normalized spacial score (nSPS) is 25.4. The van der Waals surface area contributed by atoms with Crippen molar-refractivity contribution in [2.45, 2.75) is 38.6 Å². The maximum atomic E-state index is 12.6. The van der Waals surface area contributed by atoms with E-state index < -0.39 is 10.0 Å². The molecule has 19 heavy (non-hydrogen) atoms. The molecule has 2 atom stereocenters. The van der Waals surface area contributed by atoms with Crippen LogP contribution in [0.1, 0.15) is 25.0 Å². The van der Waals surface area contributed by atoms with Gasteiger partial charge >= 0.3 is 0 Å². The molecule has 0 spiro atoms. The molecule has 2 unspecified atom stereocenters. The van der Waals surface area contributed by atoms with Crippen LogP contribution < -0.4 is 0 Å². The fourth-order valence-corrected chi connectivity index (χ4v) is 4.67. The van der Waals surface area contributed by atoms with Crippen LogP contribution >= 0.6 is 0 Å². The number of hydrogen-bond acceptors (Lipinski definition) is 3. The number of rotatable bonds is 3. The fraction of sp³-hybridized carbons (Fsp3) is 0.571. The summed E-state index contributed by atoms with van der Waals surface area (Å²) in [7, 11) is -3.30. The van der Waals surface area contributed by atoms with Gasteiger partial charge in [0.2, 0.25) is 10.0 Å². The first-order chi connectivity index (χ1) is 8.92. The minimum Gasteiger partial charge on any atom is -0.378 e. The first kappa shape index (κ1) is 14.5. The Morgan fingerprint density at radius 2 is 1.79 bits per heavy atom. The molecular formula is C14H21NO3S. The number of benzene rings is 1. The van der Waals surface area contributed by atoms with Gasteiger partial charge in [0, 0.05) is 12.1 Å². The Morgan fingerprint density at radius 1 is 1.21 bits per heavy atom. The molecule has 0 radical (unpaired) electrons. The number of morpholine rings is 1. The molecule has 1 aliphatic rings. The molecule has 0 saturated carbocycles. The van der Waals surface area contributed by atoms with Gasteiger partial charge in [-0.2, -0.15) is 4.31 Å². The third-order valence-corrected chi connectivity index (χ3v) is 5.55. The largest absolute Gasteiger partial charge is 0.378 e. The molecule has 1 aromatic rings. The molecule has 5 heteroatoms. The van der Waals surface area contributed by atoms with Gasteiger partial charge in [0.25, 0.3) is 0 Å². The van der Waals surface area contributed by atoms with Crippen LogP contribution in [0.5, 0.6) is 0 Å². The van der Waals surface area contributed by atoms with Gasteiger partial charge in [-0.3, -0.25) is 0 Å². The number of nitrogens with zero attached hydrogens (tertiary/aromatic N) is 1. The molecule has 106 valence electrons. The molecule has 0 amide bonds. The molecular weight excluding hydrogens is 262 g/mol. The smallest absolute Gasteiger partial charge is 0.218 e. The molecule has 1 fully saturated rings. The molecule has 1 saturated heterocycles. The first-order valence-electron chi connectivity index (χ1n) is 6.55. The van der Waals surface area contributed by atoms with Crippen molar-refractivity contribution < 1.29 is 13.2 Å². The van der Waals surface area contributed by atoms with Gasteiger partial charge in [-0.05, 0) is 31.9 Å². The zero-order chi connectivity index (χ0) is 14.0. The highest BCUT2D eigenvalue weighted by Crippen LogP contribution is 2.22. The second-order valence-corrected chi connectivity index (χ2v) is 7.12. The molecule has 1 heterocycles. The topological polar surface area (TPSA) is 46.6 Å². The first-order valence-corrected chi connectivity index (χ1v) is 8.16. The summed E-state index contributed by atoms with van der Waals surface area (Å²) < 4.78 is 32.2. The van der Waals surface area contributed by atoms with Gasteiger partial charge in [-0.1, -0.05) is 24.3 Å². The second kappa shape index (κ2) is 5.61. The number of hydrogen-bond donors (Lipinski definition) is 0. The molecule has 1 aliphatic heterocycles. The summed E-state index contributed by atoms with van der Waals surface area (Å²) in [6.07, 6.45) is 0. The van der Waals surface area contributed by atoms with Gasteiger partial charge in [0.05, 0.1) is 19.0 Å². The molecule has 1 aromatic carbocycles. The summed E-state index contributed by atoms with van der Waals surface area (Å²) in [5.41, 5.74) is 1.88. The maximum Gasteiger partial charge on any atom is 0.218 e. The fourth-order valence-electron chi connectivity index (χ4n) is 2.58. The van der Waals surface area contributed by atoms with E-state index in [4.69, 9.17) is 4.74 Å². The van der Waals surface area contributed by atoms with Gasteiger partial charge in [-0.25, -0.2) is 8.42 Å². The minimum atomic E-state index is -3.30. The second-order valence-electron chi connectivity index (χ2n) is 5.25. The van der Waals surface area contributed by atoms with Crippen molar-refractivity contribution >= 4 is 10.0 Å². The quantitative estimate of drug-likeness (QED) is 0.851. The standard InChI is InChI=1S/C14H21NO3S/c1-11-6-4-5-7-14(11)10-19(16,17)15-12(2)8-18-9-13(15)3/h4-7,12-13H,8-10H2,1-3H3. The summed E-state index contributed by atoms with van der Waals surface area (Å²) in [6, 6.07) is 7.42. The third kappa shape index (κ3) is 3.16. The zero-order valence-corrected chi connectivity index (χ0v) is 12.5. The lowest BCUT2D eigenvalue weighted by Gasteiger charge is -2.37. The maximum absolute atomic E-state index is 12.6. The van der Waals surface area contributed by atoms with Crippen molar-refractivity contribution in [3.8, 4) is 0 Å². The van der Waals surface area contributed by atoms with E-state index >= 15 is 0 Å². The molecule has 2 rings (SSSR count). The zero-order valence-electron chi connectivity index (χ0n) is 11.7. The van der Waals surface area contributed by atoms with E-state index in [-0.39, 0.29) is 17.8 Å². The lowest BCUT2D eigenvalue weighted by atomic mass is 10.1. The van der Waals surface area contributed by atoms with Crippen molar-refractivity contribution in [3.05, 3.63) is 35.4 Å². The van der Waals surface area contributed by atoms with Gasteiger partial charge in [-0.15, -0.1) is 0 Å². The molecule has 0 aromatic heterocycles. The summed E-state index contributed by atoms with van der Waals surface area (Å²) in [5.74, 6) is 0.0638. The lowest BCUT2D eigenvalue weighted by Crippen LogP contribution is -2.52. The number of ether oxygens (including phenoxy) is 1. The highest BCUT2D eigenvalue weighted by atomic mass is 32.2. The van der Waals surface area contributed by atoms with Crippen molar-refractivity contribution in [1.29, 1.82) is 0 Å². The summed E-state index contributed by atoms with van der Waals surface area (Å²) in [5, 5.41) is 0. The average Bonchev–Trinajstić information content (AvgIpc) is 2.31. The number of aryl methyl sites for hydroxylation is 1. The van der Waals surface area contributed by atoms with Gasteiger partial charge in [0.15, 0.2) is 0 Å².